The number of aromatic nitrogens is 2. The van der Waals surface area contributed by atoms with Crippen LogP contribution < -0.4 is 10.1 Å². The fourth-order valence-corrected chi connectivity index (χ4v) is 3.18. The molecule has 0 unspecified atom stereocenters. The van der Waals surface area contributed by atoms with Gasteiger partial charge in [0.25, 0.3) is 11.8 Å². The second kappa shape index (κ2) is 9.57. The molecule has 144 valence electrons. The largest absolute Gasteiger partial charge is 0.437 e. The highest BCUT2D eigenvalue weighted by Crippen LogP contribution is 2.34. The molecule has 1 amide bonds. The van der Waals surface area contributed by atoms with E-state index in [0.29, 0.717) is 27.2 Å². The first-order valence-electron chi connectivity index (χ1n) is 8.88. The van der Waals surface area contributed by atoms with E-state index in [1.54, 1.807) is 36.7 Å². The zero-order valence-corrected chi connectivity index (χ0v) is 17.1. The number of halogens is 1. The minimum atomic E-state index is -0.0978. The topological polar surface area (TPSA) is 64.1 Å². The van der Waals surface area contributed by atoms with Crippen molar-refractivity contribution < 1.29 is 9.53 Å². The van der Waals surface area contributed by atoms with Crippen LogP contribution in [0.25, 0.3) is 0 Å². The Morgan fingerprint density at radius 1 is 1.11 bits per heavy atom. The lowest BCUT2D eigenvalue weighted by Gasteiger charge is -2.12. The van der Waals surface area contributed by atoms with Gasteiger partial charge in [-0.15, -0.1) is 0 Å². The van der Waals surface area contributed by atoms with Crippen molar-refractivity contribution in [3.8, 4) is 11.6 Å². The van der Waals surface area contributed by atoms with E-state index >= 15 is 0 Å². The molecule has 3 rings (SSSR count). The molecular formula is C21H20ClN3O2S. The van der Waals surface area contributed by atoms with Gasteiger partial charge in [-0.25, -0.2) is 9.97 Å². The van der Waals surface area contributed by atoms with Gasteiger partial charge in [0, 0.05) is 33.9 Å². The third-order valence-electron chi connectivity index (χ3n) is 3.98. The number of benzene rings is 2. The minimum absolute atomic E-state index is 0.0978. The molecule has 0 saturated carbocycles. The molecule has 0 radical (unpaired) electrons. The van der Waals surface area contributed by atoms with Gasteiger partial charge in [-0.1, -0.05) is 30.3 Å². The molecule has 28 heavy (non-hydrogen) atoms. The molecule has 7 heteroatoms. The van der Waals surface area contributed by atoms with Crippen molar-refractivity contribution in [2.45, 2.75) is 36.2 Å². The first kappa shape index (κ1) is 20.2. The predicted octanol–water partition coefficient (Wildman–Crippen LogP) is 5.60. The van der Waals surface area contributed by atoms with Gasteiger partial charge in [0.2, 0.25) is 0 Å². The maximum absolute atomic E-state index is 12.2. The maximum Gasteiger partial charge on any atom is 0.252 e. The van der Waals surface area contributed by atoms with Crippen LogP contribution in [0.4, 0.5) is 0 Å². The number of carbonyl (C=O) groups is 1. The summed E-state index contributed by atoms with van der Waals surface area (Å²) < 4.78 is 5.89. The number of hydrogen-bond donors (Lipinski definition) is 1. The summed E-state index contributed by atoms with van der Waals surface area (Å²) >= 11 is 7.37. The Morgan fingerprint density at radius 2 is 1.79 bits per heavy atom. The number of ether oxygens (including phenoxy) is 1. The smallest absolute Gasteiger partial charge is 0.252 e. The van der Waals surface area contributed by atoms with Crippen molar-refractivity contribution in [1.29, 1.82) is 0 Å². The van der Waals surface area contributed by atoms with Gasteiger partial charge in [0.1, 0.15) is 5.75 Å². The van der Waals surface area contributed by atoms with Gasteiger partial charge in [0.05, 0.1) is 0 Å². The summed E-state index contributed by atoms with van der Waals surface area (Å²) in [6.07, 6.45) is 4.08. The summed E-state index contributed by atoms with van der Waals surface area (Å²) in [4.78, 5) is 21.8. The second-order valence-corrected chi connectivity index (χ2v) is 7.63. The first-order valence-corrected chi connectivity index (χ1v) is 10.1. The van der Waals surface area contributed by atoms with Crippen LogP contribution in [-0.4, -0.2) is 21.9 Å². The van der Waals surface area contributed by atoms with Crippen molar-refractivity contribution in [1.82, 2.24) is 15.3 Å². The zero-order valence-electron chi connectivity index (χ0n) is 15.6. The Balaban J connectivity index is 1.71. The number of amides is 1. The van der Waals surface area contributed by atoms with Crippen molar-refractivity contribution >= 4 is 29.3 Å². The summed E-state index contributed by atoms with van der Waals surface area (Å²) in [6, 6.07) is 14.6. The van der Waals surface area contributed by atoms with Crippen molar-refractivity contribution in [3.05, 3.63) is 71.5 Å². The third kappa shape index (κ3) is 5.47. The predicted molar refractivity (Wildman–Crippen MR) is 111 cm³/mol. The average molecular weight is 414 g/mol. The number of rotatable bonds is 7. The molecule has 0 aliphatic carbocycles. The van der Waals surface area contributed by atoms with E-state index in [4.69, 9.17) is 16.3 Å². The van der Waals surface area contributed by atoms with E-state index in [-0.39, 0.29) is 11.9 Å². The van der Waals surface area contributed by atoms with E-state index in [2.05, 4.69) is 15.3 Å². The molecule has 1 N–H and O–H groups in total. The van der Waals surface area contributed by atoms with E-state index < -0.39 is 0 Å². The number of nitrogens with one attached hydrogen (secondary N) is 1. The van der Waals surface area contributed by atoms with Gasteiger partial charge < -0.3 is 10.1 Å². The molecule has 0 aliphatic heterocycles. The quantitative estimate of drug-likeness (QED) is 0.546. The van der Waals surface area contributed by atoms with Gasteiger partial charge in [-0.2, -0.15) is 0 Å². The highest BCUT2D eigenvalue weighted by Gasteiger charge is 2.12. The lowest BCUT2D eigenvalue weighted by atomic mass is 10.2. The minimum Gasteiger partial charge on any atom is -0.437 e. The van der Waals surface area contributed by atoms with E-state index in [9.17, 15) is 4.79 Å². The molecule has 0 saturated heterocycles. The summed E-state index contributed by atoms with van der Waals surface area (Å²) in [7, 11) is 0. The molecule has 1 heterocycles. The van der Waals surface area contributed by atoms with Crippen LogP contribution in [0, 0.1) is 0 Å². The van der Waals surface area contributed by atoms with E-state index in [0.717, 1.165) is 11.3 Å². The van der Waals surface area contributed by atoms with Gasteiger partial charge >= 0.3 is 0 Å². The van der Waals surface area contributed by atoms with Crippen LogP contribution in [0.15, 0.2) is 70.8 Å². The second-order valence-electron chi connectivity index (χ2n) is 6.13. The fraction of sp³-hybridized carbons (Fsp3) is 0.190. The number of nitrogens with zero attached hydrogens (tertiary/aromatic N) is 2. The van der Waals surface area contributed by atoms with Gasteiger partial charge in [-0.05, 0) is 61.9 Å². The van der Waals surface area contributed by atoms with Gasteiger partial charge in [0.15, 0.2) is 5.03 Å². The van der Waals surface area contributed by atoms with Crippen molar-refractivity contribution in [2.75, 3.05) is 0 Å². The lowest BCUT2D eigenvalue weighted by Crippen LogP contribution is -2.31. The van der Waals surface area contributed by atoms with Crippen LogP contribution in [-0.2, 0) is 0 Å². The Bertz CT molecular complexity index is 933. The molecule has 2 aromatic carbocycles. The molecule has 3 aromatic rings. The molecule has 1 atom stereocenters. The Kier molecular flexibility index (Phi) is 6.90. The van der Waals surface area contributed by atoms with Crippen LogP contribution in [0.5, 0.6) is 11.6 Å². The zero-order chi connectivity index (χ0) is 19.9. The molecule has 0 spiro atoms. The highest BCUT2D eigenvalue weighted by molar-refractivity contribution is 7.99. The standard InChI is InChI=1S/C21H20ClN3O2S/c1-3-14(2)25-19(26)15-4-8-17(9-5-15)27-20-21(24-13-12-23-20)28-18-10-6-16(22)7-11-18/h4-14H,3H2,1-2H3,(H,25,26)/t14-/m0/s1. The lowest BCUT2D eigenvalue weighted by molar-refractivity contribution is 0.0939. The summed E-state index contributed by atoms with van der Waals surface area (Å²) in [5.74, 6) is 0.886. The molecule has 5 nitrogen and oxygen atoms in total. The molecule has 1 aromatic heterocycles. The van der Waals surface area contributed by atoms with Crippen LogP contribution in [0.2, 0.25) is 5.02 Å². The summed E-state index contributed by atoms with van der Waals surface area (Å²) in [5, 5.41) is 4.26. The maximum atomic E-state index is 12.2. The summed E-state index contributed by atoms with van der Waals surface area (Å²) in [6.45, 7) is 4.01. The number of hydrogen-bond acceptors (Lipinski definition) is 5. The molecule has 0 fully saturated rings. The third-order valence-corrected chi connectivity index (χ3v) is 5.22. The first-order chi connectivity index (χ1) is 13.5. The monoisotopic (exact) mass is 413 g/mol. The Hall–Kier alpha value is -2.57. The molecule has 0 aliphatic rings. The van der Waals surface area contributed by atoms with Crippen LogP contribution in [0.1, 0.15) is 30.6 Å². The Morgan fingerprint density at radius 3 is 2.46 bits per heavy atom. The van der Waals surface area contributed by atoms with Crippen LogP contribution in [0.3, 0.4) is 0 Å². The van der Waals surface area contributed by atoms with E-state index in [1.165, 1.54) is 11.8 Å². The number of carbonyl (C=O) groups excluding carboxylic acids is 1. The van der Waals surface area contributed by atoms with E-state index in [1.807, 2.05) is 38.1 Å². The Labute approximate surface area is 173 Å². The molecule has 0 bridgehead atoms. The van der Waals surface area contributed by atoms with Gasteiger partial charge in [-0.3, -0.25) is 4.79 Å². The summed E-state index contributed by atoms with van der Waals surface area (Å²) in [5.41, 5.74) is 0.586. The van der Waals surface area contributed by atoms with Crippen LogP contribution >= 0.6 is 23.4 Å². The average Bonchev–Trinajstić information content (AvgIpc) is 2.71. The molecular weight excluding hydrogens is 394 g/mol. The highest BCUT2D eigenvalue weighted by atomic mass is 35.5. The fourth-order valence-electron chi connectivity index (χ4n) is 2.26. The SMILES string of the molecule is CC[C@H](C)NC(=O)c1ccc(Oc2nccnc2Sc2ccc(Cl)cc2)cc1. The normalized spacial score (nSPS) is 11.7. The van der Waals surface area contributed by atoms with Crippen molar-refractivity contribution in [2.24, 2.45) is 0 Å². The van der Waals surface area contributed by atoms with Crippen molar-refractivity contribution in [3.63, 3.8) is 0 Å².